The van der Waals surface area contributed by atoms with Crippen LogP contribution in [0, 0.1) is 29.4 Å². The van der Waals surface area contributed by atoms with Gasteiger partial charge in [-0.3, -0.25) is 9.59 Å². The largest absolute Gasteiger partial charge is 0.496 e. The fourth-order valence-corrected chi connectivity index (χ4v) is 6.13. The zero-order valence-corrected chi connectivity index (χ0v) is 23.2. The average Bonchev–Trinajstić information content (AvgIpc) is 3.40. The summed E-state index contributed by atoms with van der Waals surface area (Å²) in [7, 11) is 1.34. The van der Waals surface area contributed by atoms with Gasteiger partial charge in [-0.25, -0.2) is 13.6 Å². The average molecular weight is 619 g/mol. The van der Waals surface area contributed by atoms with Crippen LogP contribution in [0.5, 0.6) is 11.5 Å². The Balaban J connectivity index is 1.38. The summed E-state index contributed by atoms with van der Waals surface area (Å²) in [4.78, 5) is 38.3. The van der Waals surface area contributed by atoms with Crippen molar-refractivity contribution in [1.82, 2.24) is 5.32 Å². The summed E-state index contributed by atoms with van der Waals surface area (Å²) in [6.45, 7) is -0.875. The Morgan fingerprint density at radius 2 is 1.68 bits per heavy atom. The van der Waals surface area contributed by atoms with Gasteiger partial charge in [0.15, 0.2) is 0 Å². The number of anilines is 1. The van der Waals surface area contributed by atoms with Gasteiger partial charge in [0.1, 0.15) is 29.7 Å². The molecule has 0 unspecified atom stereocenters. The normalized spacial score (nSPS) is 20.7. The monoisotopic (exact) mass is 618 g/mol. The molecule has 13 heteroatoms. The molecular weight excluding hydrogens is 591 g/mol. The van der Waals surface area contributed by atoms with E-state index in [2.05, 4.69) is 10.6 Å². The van der Waals surface area contributed by atoms with Crippen LogP contribution in [0.1, 0.15) is 35.2 Å². The number of esters is 1. The van der Waals surface area contributed by atoms with E-state index in [1.165, 1.54) is 37.4 Å². The summed E-state index contributed by atoms with van der Waals surface area (Å²) in [5, 5.41) is 14.3. The van der Waals surface area contributed by atoms with Crippen LogP contribution in [0.15, 0.2) is 54.6 Å². The second-order valence-electron chi connectivity index (χ2n) is 10.7. The number of nitrogens with one attached hydrogen (secondary N) is 2. The Hall–Kier alpha value is -4.52. The summed E-state index contributed by atoms with van der Waals surface area (Å²) in [5.41, 5.74) is -1.46. The van der Waals surface area contributed by atoms with E-state index in [4.69, 9.17) is 14.6 Å². The van der Waals surface area contributed by atoms with E-state index in [0.29, 0.717) is 18.6 Å². The van der Waals surface area contributed by atoms with Crippen molar-refractivity contribution >= 4 is 23.5 Å². The smallest absolute Gasteiger partial charge is 0.419 e. The summed E-state index contributed by atoms with van der Waals surface area (Å²) >= 11 is 0. The zero-order chi connectivity index (χ0) is 31.8. The maximum atomic E-state index is 14.8. The molecule has 0 aliphatic heterocycles. The number of carbonyl (C=O) groups is 3. The minimum atomic E-state index is -4.95. The van der Waals surface area contributed by atoms with E-state index in [9.17, 15) is 36.3 Å². The van der Waals surface area contributed by atoms with E-state index < -0.39 is 59.7 Å². The first-order valence-electron chi connectivity index (χ1n) is 13.7. The maximum absolute atomic E-state index is 14.8. The van der Waals surface area contributed by atoms with Gasteiger partial charge in [0.2, 0.25) is 5.91 Å². The lowest BCUT2D eigenvalue weighted by atomic mass is 9.61. The predicted octanol–water partition coefficient (Wildman–Crippen LogP) is 5.34. The van der Waals surface area contributed by atoms with Gasteiger partial charge in [-0.05, 0) is 78.8 Å². The molecule has 2 saturated carbocycles. The van der Waals surface area contributed by atoms with E-state index in [0.717, 1.165) is 25.0 Å². The Morgan fingerprint density at radius 1 is 0.955 bits per heavy atom. The lowest BCUT2D eigenvalue weighted by Crippen LogP contribution is -2.61. The molecule has 0 spiro atoms. The molecule has 2 aliphatic carbocycles. The van der Waals surface area contributed by atoms with E-state index in [1.807, 2.05) is 0 Å². The van der Waals surface area contributed by atoms with Crippen molar-refractivity contribution in [1.29, 1.82) is 0 Å². The highest BCUT2D eigenvalue weighted by molar-refractivity contribution is 6.00. The molecule has 0 radical (unpaired) electrons. The number of aliphatic hydroxyl groups excluding tert-OH is 1. The van der Waals surface area contributed by atoms with Crippen molar-refractivity contribution in [2.75, 3.05) is 19.0 Å². The molecule has 0 aromatic heterocycles. The van der Waals surface area contributed by atoms with E-state index >= 15 is 0 Å². The van der Waals surface area contributed by atoms with Gasteiger partial charge >= 0.3 is 12.1 Å². The third-order valence-corrected chi connectivity index (χ3v) is 8.13. The van der Waals surface area contributed by atoms with Crippen LogP contribution in [0.2, 0.25) is 0 Å². The number of rotatable bonds is 8. The zero-order valence-electron chi connectivity index (χ0n) is 23.2. The lowest BCUT2D eigenvalue weighted by Gasteiger charge is -2.48. The molecule has 0 saturated heterocycles. The fourth-order valence-electron chi connectivity index (χ4n) is 6.13. The van der Waals surface area contributed by atoms with Crippen LogP contribution in [0.4, 0.5) is 27.6 Å². The van der Waals surface area contributed by atoms with Crippen LogP contribution >= 0.6 is 0 Å². The van der Waals surface area contributed by atoms with E-state index in [1.54, 1.807) is 0 Å². The second-order valence-corrected chi connectivity index (χ2v) is 10.7. The third kappa shape index (κ3) is 6.09. The first-order chi connectivity index (χ1) is 20.9. The lowest BCUT2D eigenvalue weighted by molar-refractivity contribution is -0.140. The number of fused-ring (bicyclic) bond motifs is 1. The minimum Gasteiger partial charge on any atom is -0.496 e. The minimum absolute atomic E-state index is 0.000720. The molecule has 44 heavy (non-hydrogen) atoms. The molecule has 0 heterocycles. The molecule has 0 bridgehead atoms. The Morgan fingerprint density at radius 3 is 2.39 bits per heavy atom. The SMILES string of the molecule is COc1ccc(-c2cc(OC(=O)CO)ccc2F)cc1C(=O)N[C@H]1[C@@H]2CCC[C@@H]2[C@H]1C(=O)Nc1ccc(F)c(C(F)(F)F)c1. The third-order valence-electron chi connectivity index (χ3n) is 8.13. The number of benzene rings is 3. The van der Waals surface area contributed by atoms with Gasteiger partial charge in [-0.15, -0.1) is 0 Å². The van der Waals surface area contributed by atoms with Crippen molar-refractivity contribution in [2.45, 2.75) is 31.5 Å². The number of hydrogen-bond acceptors (Lipinski definition) is 6. The first-order valence-corrected chi connectivity index (χ1v) is 13.7. The summed E-state index contributed by atoms with van der Waals surface area (Å²) in [6, 6.07) is 9.38. The number of halogens is 5. The van der Waals surface area contributed by atoms with Crippen molar-refractivity contribution in [3.05, 3.63) is 77.4 Å². The quantitative estimate of drug-likeness (QED) is 0.179. The molecule has 2 amide bonds. The molecule has 8 nitrogen and oxygen atoms in total. The highest BCUT2D eigenvalue weighted by Crippen LogP contribution is 2.52. The molecule has 3 aromatic carbocycles. The van der Waals surface area contributed by atoms with Gasteiger partial charge in [0.05, 0.1) is 24.2 Å². The number of ether oxygens (including phenoxy) is 2. The molecule has 2 aliphatic rings. The van der Waals surface area contributed by atoms with Crippen LogP contribution < -0.4 is 20.1 Å². The number of alkyl halides is 3. The summed E-state index contributed by atoms with van der Waals surface area (Å²) in [6.07, 6.45) is -2.72. The molecule has 232 valence electrons. The molecule has 4 atom stereocenters. The molecule has 5 rings (SSSR count). The van der Waals surface area contributed by atoms with Crippen LogP contribution in [0.3, 0.4) is 0 Å². The second kappa shape index (κ2) is 12.2. The van der Waals surface area contributed by atoms with Crippen molar-refractivity contribution in [3.8, 4) is 22.6 Å². The summed E-state index contributed by atoms with van der Waals surface area (Å²) < 4.78 is 78.4. The molecule has 3 N–H and O–H groups in total. The number of methoxy groups -OCH3 is 1. The Labute approximate surface area is 248 Å². The van der Waals surface area contributed by atoms with Crippen molar-refractivity contribution in [3.63, 3.8) is 0 Å². The topological polar surface area (TPSA) is 114 Å². The van der Waals surface area contributed by atoms with Gasteiger partial charge in [-0.2, -0.15) is 13.2 Å². The number of carbonyl (C=O) groups excluding carboxylic acids is 3. The number of hydrogen-bond donors (Lipinski definition) is 3. The Bertz CT molecular complexity index is 1610. The first kappa shape index (κ1) is 30.9. The maximum Gasteiger partial charge on any atom is 0.419 e. The molecule has 3 aromatic rings. The fraction of sp³-hybridized carbons (Fsp3) is 0.323. The highest BCUT2D eigenvalue weighted by atomic mass is 19.4. The van der Waals surface area contributed by atoms with Crippen molar-refractivity contribution in [2.24, 2.45) is 17.8 Å². The van der Waals surface area contributed by atoms with E-state index in [-0.39, 0.29) is 45.7 Å². The van der Waals surface area contributed by atoms with Gasteiger partial charge in [0.25, 0.3) is 5.91 Å². The number of aliphatic hydroxyl groups is 1. The predicted molar refractivity (Wildman–Crippen MR) is 147 cm³/mol. The van der Waals surface area contributed by atoms with Crippen LogP contribution in [-0.2, 0) is 15.8 Å². The number of amides is 2. The van der Waals surface area contributed by atoms with Gasteiger partial charge in [0, 0.05) is 17.3 Å². The molecular formula is C31H27F5N2O6. The van der Waals surface area contributed by atoms with Crippen LogP contribution in [0.25, 0.3) is 11.1 Å². The standard InChI is InChI=1S/C31H27F5N2O6/c1-43-25-10-5-15(20-13-17(7-9-23(20)32)44-26(40)14-39)11-21(25)29(41)38-28-19-4-2-3-18(19)27(28)30(42)37-16-6-8-24(33)22(12-16)31(34,35)36/h5-13,18-19,27-28,39H,2-4,14H2,1H3,(H,37,42)(H,38,41)/t18-,19+,27+,28-/m0/s1. The highest BCUT2D eigenvalue weighted by Gasteiger charge is 2.56. The van der Waals surface area contributed by atoms with Gasteiger partial charge in [-0.1, -0.05) is 12.5 Å². The van der Waals surface area contributed by atoms with Crippen LogP contribution in [-0.4, -0.2) is 42.6 Å². The molecule has 2 fully saturated rings. The summed E-state index contributed by atoms with van der Waals surface area (Å²) in [5.74, 6) is -5.08. The van der Waals surface area contributed by atoms with Crippen molar-refractivity contribution < 1.29 is 50.9 Å². The Kier molecular flexibility index (Phi) is 8.60. The van der Waals surface area contributed by atoms with Gasteiger partial charge < -0.3 is 25.2 Å².